The molecule has 1 rings (SSSR count). The zero-order chi connectivity index (χ0) is 11.4. The van der Waals surface area contributed by atoms with E-state index >= 15 is 0 Å². The minimum absolute atomic E-state index is 0.0267. The molecule has 1 atom stereocenters. The zero-order valence-corrected chi connectivity index (χ0v) is 9.27. The summed E-state index contributed by atoms with van der Waals surface area (Å²) in [6, 6.07) is 0. The van der Waals surface area contributed by atoms with E-state index in [9.17, 15) is 9.59 Å². The number of carbonyl (C=O) groups is 2. The highest BCUT2D eigenvalue weighted by Crippen LogP contribution is 2.17. The van der Waals surface area contributed by atoms with E-state index in [1.54, 1.807) is 4.90 Å². The summed E-state index contributed by atoms with van der Waals surface area (Å²) in [7, 11) is 3.96. The smallest absolute Gasteiger partial charge is 0.308 e. The van der Waals surface area contributed by atoms with Crippen LogP contribution in [-0.4, -0.2) is 60.5 Å². The molecule has 0 aromatic carbocycles. The van der Waals surface area contributed by atoms with Crippen LogP contribution in [0.25, 0.3) is 0 Å². The van der Waals surface area contributed by atoms with Gasteiger partial charge in [0.25, 0.3) is 0 Å². The standard InChI is InChI=1S/C10H18N2O3/c1-11(2)4-3-5-12-7-8(10(14)15)6-9(12)13/h8H,3-7H2,1-2H3,(H,14,15)/t8-/m0/s1. The van der Waals surface area contributed by atoms with Crippen molar-refractivity contribution in [3.05, 3.63) is 0 Å². The van der Waals surface area contributed by atoms with Crippen molar-refractivity contribution >= 4 is 11.9 Å². The van der Waals surface area contributed by atoms with Crippen LogP contribution in [0.4, 0.5) is 0 Å². The molecule has 0 aliphatic carbocycles. The molecule has 0 unspecified atom stereocenters. The van der Waals surface area contributed by atoms with Crippen LogP contribution < -0.4 is 0 Å². The summed E-state index contributed by atoms with van der Waals surface area (Å²) in [5.74, 6) is -1.39. The van der Waals surface area contributed by atoms with E-state index in [-0.39, 0.29) is 12.3 Å². The second-order valence-corrected chi connectivity index (χ2v) is 4.24. The Morgan fingerprint density at radius 2 is 2.27 bits per heavy atom. The fourth-order valence-electron chi connectivity index (χ4n) is 1.73. The normalized spacial score (nSPS) is 21.4. The van der Waals surface area contributed by atoms with Crippen molar-refractivity contribution in [2.45, 2.75) is 12.8 Å². The van der Waals surface area contributed by atoms with E-state index in [0.29, 0.717) is 13.1 Å². The molecule has 0 aromatic rings. The molecule has 1 saturated heterocycles. The second kappa shape index (κ2) is 5.11. The van der Waals surface area contributed by atoms with Gasteiger partial charge in [0.2, 0.25) is 5.91 Å². The van der Waals surface area contributed by atoms with Crippen LogP contribution >= 0.6 is 0 Å². The molecule has 0 bridgehead atoms. The van der Waals surface area contributed by atoms with Crippen LogP contribution in [-0.2, 0) is 9.59 Å². The van der Waals surface area contributed by atoms with Crippen molar-refractivity contribution in [2.24, 2.45) is 5.92 Å². The number of carbonyl (C=O) groups excluding carboxylic acids is 1. The van der Waals surface area contributed by atoms with Crippen molar-refractivity contribution in [1.29, 1.82) is 0 Å². The predicted octanol–water partition coefficient (Wildman–Crippen LogP) is -0.129. The van der Waals surface area contributed by atoms with Gasteiger partial charge >= 0.3 is 5.97 Å². The van der Waals surface area contributed by atoms with Crippen LogP contribution in [0.5, 0.6) is 0 Å². The third kappa shape index (κ3) is 3.51. The van der Waals surface area contributed by atoms with Gasteiger partial charge in [-0.3, -0.25) is 9.59 Å². The quantitative estimate of drug-likeness (QED) is 0.692. The number of hydrogen-bond donors (Lipinski definition) is 1. The Kier molecular flexibility index (Phi) is 4.08. The summed E-state index contributed by atoms with van der Waals surface area (Å²) < 4.78 is 0. The zero-order valence-electron chi connectivity index (χ0n) is 9.27. The minimum atomic E-state index is -0.863. The average Bonchev–Trinajstić information content (AvgIpc) is 2.47. The molecule has 1 fully saturated rings. The Morgan fingerprint density at radius 1 is 1.60 bits per heavy atom. The molecule has 86 valence electrons. The van der Waals surface area contributed by atoms with Gasteiger partial charge in [-0.15, -0.1) is 0 Å². The van der Waals surface area contributed by atoms with E-state index in [0.717, 1.165) is 13.0 Å². The largest absolute Gasteiger partial charge is 0.481 e. The van der Waals surface area contributed by atoms with E-state index in [4.69, 9.17) is 5.11 Å². The molecule has 0 aromatic heterocycles. The summed E-state index contributed by atoms with van der Waals surface area (Å²) in [5.41, 5.74) is 0. The molecule has 15 heavy (non-hydrogen) atoms. The first-order valence-electron chi connectivity index (χ1n) is 5.16. The number of hydrogen-bond acceptors (Lipinski definition) is 3. The van der Waals surface area contributed by atoms with Gasteiger partial charge in [0.15, 0.2) is 0 Å². The maximum Gasteiger partial charge on any atom is 0.308 e. The first kappa shape index (κ1) is 12.0. The number of amides is 1. The lowest BCUT2D eigenvalue weighted by Crippen LogP contribution is -2.29. The highest BCUT2D eigenvalue weighted by molar-refractivity contribution is 5.86. The van der Waals surface area contributed by atoms with Crippen LogP contribution in [0.15, 0.2) is 0 Å². The molecular weight excluding hydrogens is 196 g/mol. The Hall–Kier alpha value is -1.10. The van der Waals surface area contributed by atoms with Crippen LogP contribution in [0.3, 0.4) is 0 Å². The molecule has 1 N–H and O–H groups in total. The fraction of sp³-hybridized carbons (Fsp3) is 0.800. The highest BCUT2D eigenvalue weighted by atomic mass is 16.4. The lowest BCUT2D eigenvalue weighted by Gasteiger charge is -2.17. The SMILES string of the molecule is CN(C)CCCN1C[C@@H](C(=O)O)CC1=O. The van der Waals surface area contributed by atoms with Gasteiger partial charge in [0, 0.05) is 19.5 Å². The summed E-state index contributed by atoms with van der Waals surface area (Å²) in [4.78, 5) is 25.8. The summed E-state index contributed by atoms with van der Waals surface area (Å²) >= 11 is 0. The average molecular weight is 214 g/mol. The maximum atomic E-state index is 11.4. The molecule has 0 radical (unpaired) electrons. The van der Waals surface area contributed by atoms with Crippen molar-refractivity contribution in [3.8, 4) is 0 Å². The topological polar surface area (TPSA) is 60.9 Å². The second-order valence-electron chi connectivity index (χ2n) is 4.24. The number of aliphatic carboxylic acids is 1. The Bertz CT molecular complexity index is 253. The molecule has 1 aliphatic rings. The van der Waals surface area contributed by atoms with Gasteiger partial charge < -0.3 is 14.9 Å². The van der Waals surface area contributed by atoms with Crippen LogP contribution in [0.1, 0.15) is 12.8 Å². The third-order valence-electron chi connectivity index (χ3n) is 2.60. The van der Waals surface area contributed by atoms with E-state index in [2.05, 4.69) is 4.90 Å². The number of nitrogens with zero attached hydrogens (tertiary/aromatic N) is 2. The molecule has 5 nitrogen and oxygen atoms in total. The molecule has 1 heterocycles. The number of carboxylic acids is 1. The van der Waals surface area contributed by atoms with Crippen LogP contribution in [0.2, 0.25) is 0 Å². The van der Waals surface area contributed by atoms with E-state index < -0.39 is 11.9 Å². The summed E-state index contributed by atoms with van der Waals surface area (Å²) in [6.45, 7) is 1.96. The lowest BCUT2D eigenvalue weighted by atomic mass is 10.1. The van der Waals surface area contributed by atoms with Gasteiger partial charge in [-0.2, -0.15) is 0 Å². The maximum absolute atomic E-state index is 11.4. The van der Waals surface area contributed by atoms with E-state index in [1.807, 2.05) is 14.1 Å². The predicted molar refractivity (Wildman–Crippen MR) is 55.5 cm³/mol. The Balaban J connectivity index is 2.31. The highest BCUT2D eigenvalue weighted by Gasteiger charge is 2.33. The van der Waals surface area contributed by atoms with Gasteiger partial charge in [-0.05, 0) is 27.1 Å². The molecule has 0 saturated carbocycles. The summed E-state index contributed by atoms with van der Waals surface area (Å²) in [6.07, 6.45) is 1.06. The van der Waals surface area contributed by atoms with Gasteiger partial charge in [0.05, 0.1) is 5.92 Å². The first-order chi connectivity index (χ1) is 7.00. The Labute approximate surface area is 89.7 Å². The van der Waals surface area contributed by atoms with Crippen molar-refractivity contribution in [2.75, 3.05) is 33.7 Å². The van der Waals surface area contributed by atoms with Gasteiger partial charge in [0.1, 0.15) is 0 Å². The first-order valence-corrected chi connectivity index (χ1v) is 5.16. The Morgan fingerprint density at radius 3 is 2.73 bits per heavy atom. The van der Waals surface area contributed by atoms with Crippen molar-refractivity contribution in [1.82, 2.24) is 9.80 Å². The van der Waals surface area contributed by atoms with Crippen molar-refractivity contribution in [3.63, 3.8) is 0 Å². The molecule has 1 aliphatic heterocycles. The minimum Gasteiger partial charge on any atom is -0.481 e. The monoisotopic (exact) mass is 214 g/mol. The lowest BCUT2D eigenvalue weighted by molar-refractivity contribution is -0.141. The van der Waals surface area contributed by atoms with Gasteiger partial charge in [-0.25, -0.2) is 0 Å². The molecule has 1 amide bonds. The van der Waals surface area contributed by atoms with E-state index in [1.165, 1.54) is 0 Å². The third-order valence-corrected chi connectivity index (χ3v) is 2.60. The summed E-state index contributed by atoms with van der Waals surface area (Å²) in [5, 5.41) is 8.78. The number of rotatable bonds is 5. The number of likely N-dealkylation sites (tertiary alicyclic amines) is 1. The molecule has 0 spiro atoms. The number of carboxylic acid groups (broad SMARTS) is 1. The fourth-order valence-corrected chi connectivity index (χ4v) is 1.73. The molecular formula is C10H18N2O3. The van der Waals surface area contributed by atoms with Crippen LogP contribution in [0, 0.1) is 5.92 Å². The molecule has 5 heteroatoms. The van der Waals surface area contributed by atoms with Gasteiger partial charge in [-0.1, -0.05) is 0 Å². The van der Waals surface area contributed by atoms with Crippen molar-refractivity contribution < 1.29 is 14.7 Å².